The van der Waals surface area contributed by atoms with Crippen molar-refractivity contribution < 1.29 is 27.5 Å². The summed E-state index contributed by atoms with van der Waals surface area (Å²) in [6.07, 6.45) is 7.28. The Kier molecular flexibility index (Phi) is 10.0. The number of nitrogens with zero attached hydrogens (tertiary/aromatic N) is 6. The Morgan fingerprint density at radius 3 is 2.11 bits per heavy atom. The van der Waals surface area contributed by atoms with Crippen LogP contribution in [0.3, 0.4) is 0 Å². The minimum atomic E-state index is -3.65. The van der Waals surface area contributed by atoms with Crippen LogP contribution in [-0.2, 0) is 19.5 Å². The predicted molar refractivity (Wildman–Crippen MR) is 207 cm³/mol. The normalized spacial score (nSPS) is 14.6. The van der Waals surface area contributed by atoms with Gasteiger partial charge in [0.2, 0.25) is 10.0 Å². The number of benzene rings is 2. The van der Waals surface area contributed by atoms with Gasteiger partial charge in [0.25, 0.3) is 0 Å². The molecule has 0 bridgehead atoms. The average Bonchev–Trinajstić information content (AvgIpc) is 3.71. The fourth-order valence-electron chi connectivity index (χ4n) is 6.25. The Bertz CT molecular complexity index is 2240. The molecule has 0 aliphatic carbocycles. The smallest absolute Gasteiger partial charge is 0.420 e. The molecule has 3 aromatic heterocycles. The third kappa shape index (κ3) is 8.82. The minimum Gasteiger partial charge on any atom is -0.444 e. The van der Waals surface area contributed by atoms with E-state index in [2.05, 4.69) is 28.9 Å². The van der Waals surface area contributed by atoms with Crippen LogP contribution < -0.4 is 9.62 Å². The Labute approximate surface area is 310 Å². The quantitative estimate of drug-likeness (QED) is 0.181. The highest BCUT2D eigenvalue weighted by atomic mass is 32.2. The lowest BCUT2D eigenvalue weighted by Crippen LogP contribution is -2.50. The molecular formula is C39H47N7O6S. The molecule has 0 radical (unpaired) electrons. The Morgan fingerprint density at radius 2 is 1.47 bits per heavy atom. The summed E-state index contributed by atoms with van der Waals surface area (Å²) >= 11 is 0. The second-order valence-electron chi connectivity index (χ2n) is 15.3. The highest BCUT2D eigenvalue weighted by Gasteiger charge is 2.28. The van der Waals surface area contributed by atoms with Crippen molar-refractivity contribution in [1.82, 2.24) is 24.2 Å². The second-order valence-corrected chi connectivity index (χ2v) is 17.1. The van der Waals surface area contributed by atoms with Gasteiger partial charge < -0.3 is 19.3 Å². The lowest BCUT2D eigenvalue weighted by Gasteiger charge is -2.37. The Morgan fingerprint density at radius 1 is 0.811 bits per heavy atom. The average molecular weight is 742 g/mol. The number of carbonyl (C=O) groups is 2. The molecule has 0 spiro atoms. The van der Waals surface area contributed by atoms with E-state index in [4.69, 9.17) is 14.5 Å². The number of piperazine rings is 1. The van der Waals surface area contributed by atoms with Gasteiger partial charge in [-0.25, -0.2) is 27.6 Å². The van der Waals surface area contributed by atoms with Crippen LogP contribution in [0.5, 0.6) is 0 Å². The van der Waals surface area contributed by atoms with Gasteiger partial charge in [0, 0.05) is 66.8 Å². The van der Waals surface area contributed by atoms with E-state index in [1.165, 1.54) is 4.57 Å². The molecule has 1 atom stereocenters. The third-order valence-corrected chi connectivity index (χ3v) is 9.31. The maximum atomic E-state index is 13.4. The standard InChI is InChI=1S/C39H47N7O6S/c1-26(27-12-10-9-11-13-27)46-24-30(23-41-46)32-25-45(37(48)52-39(5,6)7)35-31(32)20-29(22-40-35)28-14-15-34(33(21-28)42-53(8,49)50)43-16-18-44(19-17-43)36(47)51-38(2,3)4/h9-15,20-26,42H,16-19H2,1-8H3. The van der Waals surface area contributed by atoms with Crippen LogP contribution >= 0.6 is 0 Å². The van der Waals surface area contributed by atoms with Gasteiger partial charge in [0.05, 0.1) is 29.9 Å². The fraction of sp³-hybridized carbons (Fsp3) is 0.385. The lowest BCUT2D eigenvalue weighted by atomic mass is 10.0. The molecule has 1 aliphatic heterocycles. The number of sulfonamides is 1. The summed E-state index contributed by atoms with van der Waals surface area (Å²) in [7, 11) is -3.65. The van der Waals surface area contributed by atoms with E-state index in [0.29, 0.717) is 59.7 Å². The van der Waals surface area contributed by atoms with Gasteiger partial charge in [-0.15, -0.1) is 0 Å². The molecule has 1 amide bonds. The van der Waals surface area contributed by atoms with Crippen LogP contribution in [0.25, 0.3) is 33.3 Å². The van der Waals surface area contributed by atoms with E-state index in [-0.39, 0.29) is 12.1 Å². The van der Waals surface area contributed by atoms with Crippen molar-refractivity contribution in [2.75, 3.05) is 42.1 Å². The van der Waals surface area contributed by atoms with Crippen molar-refractivity contribution in [1.29, 1.82) is 0 Å². The zero-order valence-electron chi connectivity index (χ0n) is 31.5. The summed E-state index contributed by atoms with van der Waals surface area (Å²) < 4.78 is 42.4. The van der Waals surface area contributed by atoms with E-state index in [0.717, 1.165) is 22.9 Å². The van der Waals surface area contributed by atoms with E-state index in [1.54, 1.807) is 29.6 Å². The highest BCUT2D eigenvalue weighted by molar-refractivity contribution is 7.92. The number of rotatable bonds is 7. The Hall–Kier alpha value is -5.37. The first-order valence-corrected chi connectivity index (χ1v) is 19.4. The van der Waals surface area contributed by atoms with Crippen LogP contribution in [0.15, 0.2) is 79.4 Å². The molecule has 1 aliphatic rings. The van der Waals surface area contributed by atoms with Crippen molar-refractivity contribution in [2.24, 2.45) is 0 Å². The summed E-state index contributed by atoms with van der Waals surface area (Å²) in [6, 6.07) is 17.5. The largest absolute Gasteiger partial charge is 0.444 e. The molecule has 1 saturated heterocycles. The van der Waals surface area contributed by atoms with Crippen LogP contribution in [0, 0.1) is 0 Å². The van der Waals surface area contributed by atoms with Crippen LogP contribution in [0.4, 0.5) is 21.0 Å². The van der Waals surface area contributed by atoms with Crippen molar-refractivity contribution in [2.45, 2.75) is 65.7 Å². The van der Waals surface area contributed by atoms with Gasteiger partial charge in [-0.1, -0.05) is 36.4 Å². The number of aromatic nitrogens is 4. The Balaban J connectivity index is 1.37. The molecule has 1 unspecified atom stereocenters. The molecule has 2 aromatic carbocycles. The summed E-state index contributed by atoms with van der Waals surface area (Å²) in [5.74, 6) is 0. The summed E-state index contributed by atoms with van der Waals surface area (Å²) in [5.41, 5.74) is 4.24. The molecule has 6 rings (SSSR count). The maximum Gasteiger partial charge on any atom is 0.420 e. The number of fused-ring (bicyclic) bond motifs is 1. The highest BCUT2D eigenvalue weighted by Crippen LogP contribution is 2.37. The first kappa shape index (κ1) is 37.4. The lowest BCUT2D eigenvalue weighted by molar-refractivity contribution is 0.0240. The van der Waals surface area contributed by atoms with Crippen molar-refractivity contribution >= 4 is 44.6 Å². The summed E-state index contributed by atoms with van der Waals surface area (Å²) in [5, 5.41) is 5.37. The first-order valence-electron chi connectivity index (χ1n) is 17.5. The minimum absolute atomic E-state index is 0.0302. The van der Waals surface area contributed by atoms with Gasteiger partial charge in [0.1, 0.15) is 16.8 Å². The zero-order valence-corrected chi connectivity index (χ0v) is 32.3. The molecule has 280 valence electrons. The molecule has 53 heavy (non-hydrogen) atoms. The van der Waals surface area contributed by atoms with Gasteiger partial charge in [-0.3, -0.25) is 9.40 Å². The third-order valence-electron chi connectivity index (χ3n) is 8.72. The van der Waals surface area contributed by atoms with E-state index in [1.807, 2.05) is 93.7 Å². The van der Waals surface area contributed by atoms with E-state index in [9.17, 15) is 18.0 Å². The van der Waals surface area contributed by atoms with Crippen LogP contribution in [0.2, 0.25) is 0 Å². The molecular weight excluding hydrogens is 695 g/mol. The van der Waals surface area contributed by atoms with Crippen molar-refractivity contribution in [3.05, 3.63) is 84.9 Å². The van der Waals surface area contributed by atoms with Crippen molar-refractivity contribution in [3.63, 3.8) is 0 Å². The zero-order chi connectivity index (χ0) is 38.3. The molecule has 4 heterocycles. The number of anilines is 2. The van der Waals surface area contributed by atoms with Crippen LogP contribution in [0.1, 0.15) is 60.1 Å². The summed E-state index contributed by atoms with van der Waals surface area (Å²) in [6.45, 7) is 14.8. The van der Waals surface area contributed by atoms with E-state index >= 15 is 0 Å². The number of carbonyl (C=O) groups excluding carboxylic acids is 2. The summed E-state index contributed by atoms with van der Waals surface area (Å²) in [4.78, 5) is 34.6. The van der Waals surface area contributed by atoms with Gasteiger partial charge >= 0.3 is 12.2 Å². The first-order chi connectivity index (χ1) is 24.8. The number of pyridine rings is 1. The number of amides is 1. The van der Waals surface area contributed by atoms with Gasteiger partial charge in [0.15, 0.2) is 0 Å². The fourth-order valence-corrected chi connectivity index (χ4v) is 6.81. The molecule has 1 N–H and O–H groups in total. The molecule has 5 aromatic rings. The second kappa shape index (κ2) is 14.2. The van der Waals surface area contributed by atoms with Gasteiger partial charge in [-0.05, 0) is 77.8 Å². The molecule has 1 fully saturated rings. The molecule has 13 nitrogen and oxygen atoms in total. The van der Waals surface area contributed by atoms with E-state index < -0.39 is 27.3 Å². The SMILES string of the molecule is CC(c1ccccc1)n1cc(-c2cn(C(=O)OC(C)(C)C)c3ncc(-c4ccc(N5CCN(C(=O)OC(C)(C)C)CC5)c(NS(C)(=O)=O)c4)cc23)cn1. The number of hydrogen-bond donors (Lipinski definition) is 1. The monoisotopic (exact) mass is 741 g/mol. The maximum absolute atomic E-state index is 13.4. The number of ether oxygens (including phenoxy) is 2. The van der Waals surface area contributed by atoms with Crippen molar-refractivity contribution in [3.8, 4) is 22.3 Å². The molecule has 0 saturated carbocycles. The predicted octanol–water partition coefficient (Wildman–Crippen LogP) is 7.39. The van der Waals surface area contributed by atoms with Crippen LogP contribution in [-0.4, -0.2) is 88.5 Å². The topological polar surface area (TPSA) is 141 Å². The molecule has 14 heteroatoms. The number of nitrogens with one attached hydrogen (secondary N) is 1. The number of hydrogen-bond acceptors (Lipinski definition) is 9. The van der Waals surface area contributed by atoms with Gasteiger partial charge in [-0.2, -0.15) is 5.10 Å².